The molecule has 0 aliphatic rings. The predicted molar refractivity (Wildman–Crippen MR) is 40.5 cm³/mol. The van der Waals surface area contributed by atoms with Crippen LogP contribution >= 0.6 is 27.3 Å². The number of aliphatic hydroxyl groups excluding tert-OH is 1. The summed E-state index contributed by atoms with van der Waals surface area (Å²) in [5, 5.41) is 9.62. The SMILES string of the molecule is Cc1nc(CO)c(Br)s1. The van der Waals surface area contributed by atoms with Gasteiger partial charge < -0.3 is 5.11 Å². The lowest BCUT2D eigenvalue weighted by Crippen LogP contribution is -1.82. The van der Waals surface area contributed by atoms with Crippen LogP contribution in [-0.4, -0.2) is 10.1 Å². The summed E-state index contributed by atoms with van der Waals surface area (Å²) in [6.45, 7) is 1.93. The van der Waals surface area contributed by atoms with E-state index in [1.54, 1.807) is 0 Å². The van der Waals surface area contributed by atoms with E-state index in [1.807, 2.05) is 6.92 Å². The molecule has 0 fully saturated rings. The molecule has 1 aromatic rings. The molecule has 0 bridgehead atoms. The molecule has 0 saturated heterocycles. The molecule has 2 nitrogen and oxygen atoms in total. The second-order valence-electron chi connectivity index (χ2n) is 1.61. The van der Waals surface area contributed by atoms with Gasteiger partial charge in [0.15, 0.2) is 0 Å². The maximum atomic E-state index is 8.65. The summed E-state index contributed by atoms with van der Waals surface area (Å²) in [4.78, 5) is 4.05. The maximum absolute atomic E-state index is 8.65. The van der Waals surface area contributed by atoms with Crippen molar-refractivity contribution in [2.75, 3.05) is 0 Å². The van der Waals surface area contributed by atoms with Gasteiger partial charge in [-0.2, -0.15) is 0 Å². The van der Waals surface area contributed by atoms with Gasteiger partial charge in [-0.05, 0) is 22.9 Å². The lowest BCUT2D eigenvalue weighted by Gasteiger charge is -1.84. The number of aliphatic hydroxyl groups is 1. The fraction of sp³-hybridized carbons (Fsp3) is 0.400. The molecule has 0 unspecified atom stereocenters. The van der Waals surface area contributed by atoms with Crippen LogP contribution in [0.1, 0.15) is 10.7 Å². The monoisotopic (exact) mass is 207 g/mol. The van der Waals surface area contributed by atoms with Gasteiger partial charge in [-0.1, -0.05) is 0 Å². The van der Waals surface area contributed by atoms with Crippen molar-refractivity contribution in [3.63, 3.8) is 0 Å². The van der Waals surface area contributed by atoms with E-state index in [2.05, 4.69) is 20.9 Å². The first-order valence-corrected chi connectivity index (χ1v) is 4.07. The number of thiazole rings is 1. The van der Waals surface area contributed by atoms with Crippen molar-refractivity contribution in [1.29, 1.82) is 0 Å². The zero-order chi connectivity index (χ0) is 6.85. The molecular weight excluding hydrogens is 202 g/mol. The normalized spacial score (nSPS) is 10.1. The number of rotatable bonds is 1. The third-order valence-electron chi connectivity index (χ3n) is 0.906. The molecule has 0 aliphatic heterocycles. The Bertz CT molecular complexity index is 211. The van der Waals surface area contributed by atoms with Crippen LogP contribution in [0.2, 0.25) is 0 Å². The molecular formula is C5H6BrNOS. The van der Waals surface area contributed by atoms with E-state index in [0.29, 0.717) is 0 Å². The van der Waals surface area contributed by atoms with Crippen molar-refractivity contribution in [2.45, 2.75) is 13.5 Å². The van der Waals surface area contributed by atoms with Crippen molar-refractivity contribution in [3.05, 3.63) is 14.5 Å². The van der Waals surface area contributed by atoms with Gasteiger partial charge in [0.1, 0.15) is 0 Å². The molecule has 1 N–H and O–H groups in total. The third kappa shape index (κ3) is 1.50. The minimum Gasteiger partial charge on any atom is -0.390 e. The lowest BCUT2D eigenvalue weighted by molar-refractivity contribution is 0.277. The standard InChI is InChI=1S/C5H6BrNOS/c1-3-7-4(2-8)5(6)9-3/h8H,2H2,1H3. The van der Waals surface area contributed by atoms with Gasteiger partial charge >= 0.3 is 0 Å². The number of halogens is 1. The first-order chi connectivity index (χ1) is 4.24. The number of hydrogen-bond donors (Lipinski definition) is 1. The third-order valence-corrected chi connectivity index (χ3v) is 2.65. The zero-order valence-corrected chi connectivity index (χ0v) is 7.29. The van der Waals surface area contributed by atoms with E-state index < -0.39 is 0 Å². The topological polar surface area (TPSA) is 33.1 Å². The van der Waals surface area contributed by atoms with Crippen LogP contribution in [0.15, 0.2) is 3.79 Å². The second-order valence-corrected chi connectivity index (χ2v) is 4.13. The average molecular weight is 208 g/mol. The Hall–Kier alpha value is 0.0700. The second kappa shape index (κ2) is 2.77. The van der Waals surface area contributed by atoms with Crippen LogP contribution < -0.4 is 0 Å². The fourth-order valence-corrected chi connectivity index (χ4v) is 2.10. The van der Waals surface area contributed by atoms with Crippen molar-refractivity contribution < 1.29 is 5.11 Å². The van der Waals surface area contributed by atoms with E-state index in [0.717, 1.165) is 14.5 Å². The van der Waals surface area contributed by atoms with Gasteiger partial charge in [-0.15, -0.1) is 11.3 Å². The maximum Gasteiger partial charge on any atom is 0.0955 e. The van der Waals surface area contributed by atoms with Crippen LogP contribution in [0.4, 0.5) is 0 Å². The van der Waals surface area contributed by atoms with Gasteiger partial charge in [0.25, 0.3) is 0 Å². The molecule has 0 radical (unpaired) electrons. The highest BCUT2D eigenvalue weighted by Crippen LogP contribution is 2.23. The summed E-state index contributed by atoms with van der Waals surface area (Å²) in [5.41, 5.74) is 0.734. The molecule has 9 heavy (non-hydrogen) atoms. The molecule has 0 atom stereocenters. The zero-order valence-electron chi connectivity index (χ0n) is 4.89. The number of hydrogen-bond acceptors (Lipinski definition) is 3. The highest BCUT2D eigenvalue weighted by atomic mass is 79.9. The van der Waals surface area contributed by atoms with E-state index >= 15 is 0 Å². The minimum atomic E-state index is 0.0188. The average Bonchev–Trinajstić information content (AvgIpc) is 2.10. The number of aryl methyl sites for hydroxylation is 1. The van der Waals surface area contributed by atoms with Crippen LogP contribution in [0.25, 0.3) is 0 Å². The van der Waals surface area contributed by atoms with Crippen molar-refractivity contribution in [2.24, 2.45) is 0 Å². The number of nitrogens with zero attached hydrogens (tertiary/aromatic N) is 1. The van der Waals surface area contributed by atoms with Crippen molar-refractivity contribution >= 4 is 27.3 Å². The Morgan fingerprint density at radius 3 is 2.67 bits per heavy atom. The lowest BCUT2D eigenvalue weighted by atomic mass is 10.5. The Labute approximate surface area is 65.7 Å². The molecule has 1 aromatic heterocycles. The molecule has 50 valence electrons. The first kappa shape index (κ1) is 7.18. The molecule has 0 amide bonds. The Kier molecular flexibility index (Phi) is 2.21. The molecule has 0 spiro atoms. The summed E-state index contributed by atoms with van der Waals surface area (Å²) < 4.78 is 0.933. The first-order valence-electron chi connectivity index (χ1n) is 2.46. The van der Waals surface area contributed by atoms with E-state index in [-0.39, 0.29) is 6.61 Å². The molecule has 1 heterocycles. The van der Waals surface area contributed by atoms with Gasteiger partial charge in [0.2, 0.25) is 0 Å². The predicted octanol–water partition coefficient (Wildman–Crippen LogP) is 1.71. The van der Waals surface area contributed by atoms with Gasteiger partial charge in [0, 0.05) is 0 Å². The van der Waals surface area contributed by atoms with E-state index in [4.69, 9.17) is 5.11 Å². The summed E-state index contributed by atoms with van der Waals surface area (Å²) in [5.74, 6) is 0. The molecule has 4 heteroatoms. The highest BCUT2D eigenvalue weighted by molar-refractivity contribution is 9.11. The minimum absolute atomic E-state index is 0.0188. The summed E-state index contributed by atoms with van der Waals surface area (Å²) in [6, 6.07) is 0. The van der Waals surface area contributed by atoms with Crippen LogP contribution in [-0.2, 0) is 6.61 Å². The Balaban J connectivity index is 3.01. The molecule has 0 aliphatic carbocycles. The van der Waals surface area contributed by atoms with Gasteiger partial charge in [-0.3, -0.25) is 0 Å². The Morgan fingerprint density at radius 2 is 2.44 bits per heavy atom. The van der Waals surface area contributed by atoms with Gasteiger partial charge in [-0.25, -0.2) is 4.98 Å². The quantitative estimate of drug-likeness (QED) is 0.761. The fourth-order valence-electron chi connectivity index (χ4n) is 0.543. The van der Waals surface area contributed by atoms with Crippen molar-refractivity contribution in [1.82, 2.24) is 4.98 Å². The van der Waals surface area contributed by atoms with Crippen LogP contribution in [0.5, 0.6) is 0 Å². The molecule has 0 saturated carbocycles. The van der Waals surface area contributed by atoms with E-state index in [1.165, 1.54) is 11.3 Å². The summed E-state index contributed by atoms with van der Waals surface area (Å²) in [7, 11) is 0. The summed E-state index contributed by atoms with van der Waals surface area (Å²) in [6.07, 6.45) is 0. The largest absolute Gasteiger partial charge is 0.390 e. The van der Waals surface area contributed by atoms with Crippen LogP contribution in [0.3, 0.4) is 0 Å². The number of aromatic nitrogens is 1. The van der Waals surface area contributed by atoms with Gasteiger partial charge in [0.05, 0.1) is 21.1 Å². The highest BCUT2D eigenvalue weighted by Gasteiger charge is 2.02. The molecule has 0 aromatic carbocycles. The Morgan fingerprint density at radius 1 is 1.78 bits per heavy atom. The van der Waals surface area contributed by atoms with E-state index in [9.17, 15) is 0 Å². The van der Waals surface area contributed by atoms with Crippen LogP contribution in [0, 0.1) is 6.92 Å². The summed E-state index contributed by atoms with van der Waals surface area (Å²) >= 11 is 4.81. The molecule has 1 rings (SSSR count). The van der Waals surface area contributed by atoms with Crippen molar-refractivity contribution in [3.8, 4) is 0 Å². The smallest absolute Gasteiger partial charge is 0.0955 e.